The minimum Gasteiger partial charge on any atom is -0.462 e. The molecule has 0 unspecified atom stereocenters. The third kappa shape index (κ3) is 51.2. The van der Waals surface area contributed by atoms with Crippen LogP contribution in [0.25, 0.3) is 0 Å². The van der Waals surface area contributed by atoms with Gasteiger partial charge >= 0.3 is 17.9 Å². The topological polar surface area (TPSA) is 78.9 Å². The molecule has 0 saturated heterocycles. The first-order chi connectivity index (χ1) is 32.0. The molecular weight excluding hydrogens is 805 g/mol. The summed E-state index contributed by atoms with van der Waals surface area (Å²) in [5.41, 5.74) is 0. The summed E-state index contributed by atoms with van der Waals surface area (Å²) in [6.45, 7) is 6.48. The molecule has 0 fully saturated rings. The Morgan fingerprint density at radius 1 is 0.308 bits per heavy atom. The van der Waals surface area contributed by atoms with Crippen molar-refractivity contribution in [2.45, 2.75) is 245 Å². The number of carbonyl (C=O) groups excluding carboxylic acids is 3. The number of rotatable bonds is 47. The van der Waals surface area contributed by atoms with Gasteiger partial charge in [-0.15, -0.1) is 0 Å². The first-order valence-corrected chi connectivity index (χ1v) is 26.7. The van der Waals surface area contributed by atoms with Crippen molar-refractivity contribution in [2.75, 3.05) is 13.2 Å². The van der Waals surface area contributed by atoms with Gasteiger partial charge in [-0.2, -0.15) is 0 Å². The molecule has 0 aliphatic carbocycles. The van der Waals surface area contributed by atoms with Gasteiger partial charge in [-0.1, -0.05) is 201 Å². The number of unbranched alkanes of at least 4 members (excludes halogenated alkanes) is 20. The van der Waals surface area contributed by atoms with Gasteiger partial charge in [-0.05, 0) is 116 Å². The quantitative estimate of drug-likeness (QED) is 0.0262. The molecule has 0 aliphatic heterocycles. The van der Waals surface area contributed by atoms with Crippen LogP contribution in [0, 0.1) is 0 Å². The van der Waals surface area contributed by atoms with Crippen molar-refractivity contribution in [1.82, 2.24) is 0 Å². The number of hydrogen-bond donors (Lipinski definition) is 0. The molecule has 0 amide bonds. The monoisotopic (exact) mass is 903 g/mol. The molecule has 0 rings (SSSR count). The lowest BCUT2D eigenvalue weighted by molar-refractivity contribution is -0.166. The summed E-state index contributed by atoms with van der Waals surface area (Å²) in [5, 5.41) is 0. The highest BCUT2D eigenvalue weighted by atomic mass is 16.6. The fourth-order valence-electron chi connectivity index (χ4n) is 6.98. The Labute approximate surface area is 400 Å². The second-order valence-electron chi connectivity index (χ2n) is 17.4. The van der Waals surface area contributed by atoms with E-state index in [0.29, 0.717) is 19.3 Å². The van der Waals surface area contributed by atoms with Crippen molar-refractivity contribution in [3.63, 3.8) is 0 Å². The van der Waals surface area contributed by atoms with E-state index in [0.717, 1.165) is 103 Å². The van der Waals surface area contributed by atoms with Gasteiger partial charge in [0.05, 0.1) is 0 Å². The highest BCUT2D eigenvalue weighted by molar-refractivity contribution is 5.71. The third-order valence-electron chi connectivity index (χ3n) is 11.0. The first-order valence-electron chi connectivity index (χ1n) is 26.7. The molecule has 0 N–H and O–H groups in total. The van der Waals surface area contributed by atoms with Crippen LogP contribution in [-0.2, 0) is 28.6 Å². The summed E-state index contributed by atoms with van der Waals surface area (Å²) in [6.07, 6.45) is 69.7. The number of ether oxygens (including phenoxy) is 3. The van der Waals surface area contributed by atoms with Crippen LogP contribution in [0.2, 0.25) is 0 Å². The summed E-state index contributed by atoms with van der Waals surface area (Å²) in [7, 11) is 0. The lowest BCUT2D eigenvalue weighted by Crippen LogP contribution is -2.30. The van der Waals surface area contributed by atoms with Crippen LogP contribution in [0.15, 0.2) is 97.2 Å². The smallest absolute Gasteiger partial charge is 0.306 e. The normalized spacial score (nSPS) is 12.8. The maximum atomic E-state index is 12.8. The van der Waals surface area contributed by atoms with E-state index in [1.54, 1.807) is 0 Å². The van der Waals surface area contributed by atoms with Gasteiger partial charge in [0.1, 0.15) is 13.2 Å². The Kier molecular flexibility index (Phi) is 50.0. The summed E-state index contributed by atoms with van der Waals surface area (Å²) in [6, 6.07) is 0. The average Bonchev–Trinajstić information content (AvgIpc) is 3.30. The van der Waals surface area contributed by atoms with E-state index in [2.05, 4.69) is 112 Å². The molecule has 0 heterocycles. The predicted octanol–water partition coefficient (Wildman–Crippen LogP) is 17.8. The third-order valence-corrected chi connectivity index (χ3v) is 11.0. The fourth-order valence-corrected chi connectivity index (χ4v) is 6.98. The van der Waals surface area contributed by atoms with E-state index >= 15 is 0 Å². The van der Waals surface area contributed by atoms with Gasteiger partial charge in [0.15, 0.2) is 6.10 Å². The number of allylic oxidation sites excluding steroid dienone is 16. The standard InChI is InChI=1S/C59H98O6/c1-4-7-10-13-16-19-22-25-27-28-29-30-32-34-37-40-43-46-49-52-58(61)64-55-56(54-63-57(60)51-48-45-42-39-36-33-24-21-18-15-12-9-6-3)65-59(62)53-50-47-44-41-38-35-31-26-23-20-17-14-11-8-5-2/h16-17,19-21,24-27,29-31,34,37,43,46,56H,4-15,18,22-23,28,32-33,35-36,38-42,44-45,47-55H2,1-3H3/b19-16-,20-17-,24-21-,27-25-,30-29-,31-26-,37-34-,46-43-/t56-/m0/s1. The minimum absolute atomic E-state index is 0.111. The molecular formula is C59H98O6. The molecule has 370 valence electrons. The maximum absolute atomic E-state index is 12.8. The van der Waals surface area contributed by atoms with Crippen molar-refractivity contribution < 1.29 is 28.6 Å². The SMILES string of the molecule is CCCCC/C=C\C/C=C\C/C=C\C/C=C\C/C=C\CCC(=O)OC[C@H](COC(=O)CCCCCCC/C=C\CCCCCC)OC(=O)CCCCCCC/C=C\C/C=C\CCCCC. The zero-order valence-electron chi connectivity index (χ0n) is 42.2. The first kappa shape index (κ1) is 61.3. The van der Waals surface area contributed by atoms with Gasteiger partial charge in [-0.3, -0.25) is 14.4 Å². The second-order valence-corrected chi connectivity index (χ2v) is 17.4. The largest absolute Gasteiger partial charge is 0.462 e. The lowest BCUT2D eigenvalue weighted by Gasteiger charge is -2.18. The van der Waals surface area contributed by atoms with Gasteiger partial charge in [0.25, 0.3) is 0 Å². The summed E-state index contributed by atoms with van der Waals surface area (Å²) in [5.74, 6) is -1.02. The van der Waals surface area contributed by atoms with Gasteiger partial charge in [0.2, 0.25) is 0 Å². The van der Waals surface area contributed by atoms with E-state index in [-0.39, 0.29) is 37.5 Å². The average molecular weight is 903 g/mol. The molecule has 0 aromatic heterocycles. The molecule has 0 saturated carbocycles. The Morgan fingerprint density at radius 3 is 1.00 bits per heavy atom. The number of carbonyl (C=O) groups is 3. The Balaban J connectivity index is 4.54. The molecule has 0 radical (unpaired) electrons. The van der Waals surface area contributed by atoms with Crippen molar-refractivity contribution >= 4 is 17.9 Å². The van der Waals surface area contributed by atoms with E-state index in [1.807, 2.05) is 6.08 Å². The zero-order valence-corrected chi connectivity index (χ0v) is 42.2. The van der Waals surface area contributed by atoms with Crippen LogP contribution >= 0.6 is 0 Å². The molecule has 0 aromatic rings. The summed E-state index contributed by atoms with van der Waals surface area (Å²) < 4.78 is 16.7. The Hall–Kier alpha value is -3.67. The summed E-state index contributed by atoms with van der Waals surface area (Å²) >= 11 is 0. The predicted molar refractivity (Wildman–Crippen MR) is 279 cm³/mol. The minimum atomic E-state index is -0.818. The van der Waals surface area contributed by atoms with Crippen molar-refractivity contribution in [2.24, 2.45) is 0 Å². The Bertz CT molecular complexity index is 1310. The molecule has 6 heteroatoms. The Morgan fingerprint density at radius 2 is 0.585 bits per heavy atom. The second kappa shape index (κ2) is 52.9. The van der Waals surface area contributed by atoms with Crippen LogP contribution in [0.1, 0.15) is 239 Å². The lowest BCUT2D eigenvalue weighted by atomic mass is 10.1. The van der Waals surface area contributed by atoms with Gasteiger partial charge < -0.3 is 14.2 Å². The molecule has 1 atom stereocenters. The highest BCUT2D eigenvalue weighted by Crippen LogP contribution is 2.13. The molecule has 0 aliphatic rings. The van der Waals surface area contributed by atoms with Crippen LogP contribution < -0.4 is 0 Å². The molecule has 65 heavy (non-hydrogen) atoms. The number of hydrogen-bond acceptors (Lipinski definition) is 6. The van der Waals surface area contributed by atoms with Crippen LogP contribution in [0.4, 0.5) is 0 Å². The molecule has 0 spiro atoms. The summed E-state index contributed by atoms with van der Waals surface area (Å²) in [4.78, 5) is 38.0. The number of esters is 3. The van der Waals surface area contributed by atoms with E-state index in [9.17, 15) is 14.4 Å². The highest BCUT2D eigenvalue weighted by Gasteiger charge is 2.19. The van der Waals surface area contributed by atoms with E-state index in [4.69, 9.17) is 14.2 Å². The molecule has 0 bridgehead atoms. The van der Waals surface area contributed by atoms with Crippen molar-refractivity contribution in [3.8, 4) is 0 Å². The maximum Gasteiger partial charge on any atom is 0.306 e. The van der Waals surface area contributed by atoms with Crippen molar-refractivity contribution in [3.05, 3.63) is 97.2 Å². The molecule has 0 aromatic carbocycles. The van der Waals surface area contributed by atoms with Crippen LogP contribution in [0.3, 0.4) is 0 Å². The van der Waals surface area contributed by atoms with Gasteiger partial charge in [-0.25, -0.2) is 0 Å². The fraction of sp³-hybridized carbons (Fsp3) is 0.678. The zero-order chi connectivity index (χ0) is 47.2. The van der Waals surface area contributed by atoms with E-state index in [1.165, 1.54) is 89.9 Å². The van der Waals surface area contributed by atoms with Gasteiger partial charge in [0, 0.05) is 19.3 Å². The van der Waals surface area contributed by atoms with Crippen LogP contribution in [-0.4, -0.2) is 37.2 Å². The van der Waals surface area contributed by atoms with Crippen molar-refractivity contribution in [1.29, 1.82) is 0 Å². The van der Waals surface area contributed by atoms with E-state index < -0.39 is 6.10 Å². The van der Waals surface area contributed by atoms with Crippen LogP contribution in [0.5, 0.6) is 0 Å². The molecule has 6 nitrogen and oxygen atoms in total.